The Labute approximate surface area is 133 Å². The topological polar surface area (TPSA) is 29.1 Å². The molecular weight excluding hydrogens is 270 g/mol. The van der Waals surface area contributed by atoms with Gasteiger partial charge in [-0.2, -0.15) is 0 Å². The minimum absolute atomic E-state index is 0.0249. The third kappa shape index (κ3) is 3.97. The van der Waals surface area contributed by atoms with Gasteiger partial charge in [0.05, 0.1) is 12.5 Å². The lowest BCUT2D eigenvalue weighted by Gasteiger charge is -2.16. The number of rotatable bonds is 4. The Kier molecular flexibility index (Phi) is 5.02. The molecule has 0 aliphatic heterocycles. The fourth-order valence-corrected chi connectivity index (χ4v) is 2.57. The molecule has 0 saturated carbocycles. The summed E-state index contributed by atoms with van der Waals surface area (Å²) < 4.78 is 0. The van der Waals surface area contributed by atoms with Crippen molar-refractivity contribution in [1.29, 1.82) is 0 Å². The lowest BCUT2D eigenvalue weighted by molar-refractivity contribution is -0.121. The van der Waals surface area contributed by atoms with E-state index in [-0.39, 0.29) is 11.9 Å². The smallest absolute Gasteiger partial charge is 0.224 e. The van der Waals surface area contributed by atoms with Crippen molar-refractivity contribution in [1.82, 2.24) is 5.32 Å². The highest BCUT2D eigenvalue weighted by Crippen LogP contribution is 2.17. The second-order valence-electron chi connectivity index (χ2n) is 6.24. The van der Waals surface area contributed by atoms with Crippen LogP contribution >= 0.6 is 0 Å². The zero-order valence-corrected chi connectivity index (χ0v) is 14.2. The minimum Gasteiger partial charge on any atom is -0.349 e. The van der Waals surface area contributed by atoms with E-state index in [0.29, 0.717) is 6.42 Å². The SMILES string of the molecule is Cc1ccc(C)c(CC(=O)NC(C)c2ccc(C)c(C)c2)c1. The summed E-state index contributed by atoms with van der Waals surface area (Å²) in [7, 11) is 0. The van der Waals surface area contributed by atoms with E-state index in [1.807, 2.05) is 6.92 Å². The second-order valence-corrected chi connectivity index (χ2v) is 6.24. The van der Waals surface area contributed by atoms with Crippen LogP contribution in [-0.4, -0.2) is 5.91 Å². The molecule has 2 nitrogen and oxygen atoms in total. The van der Waals surface area contributed by atoms with Gasteiger partial charge in [-0.1, -0.05) is 42.0 Å². The van der Waals surface area contributed by atoms with Crippen LogP contribution in [0.2, 0.25) is 0 Å². The van der Waals surface area contributed by atoms with Gasteiger partial charge in [-0.05, 0) is 62.4 Å². The van der Waals surface area contributed by atoms with E-state index in [0.717, 1.165) is 11.1 Å². The van der Waals surface area contributed by atoms with Gasteiger partial charge in [0.2, 0.25) is 5.91 Å². The third-order valence-electron chi connectivity index (χ3n) is 4.26. The number of carbonyl (C=O) groups excluding carboxylic acids is 1. The van der Waals surface area contributed by atoms with Crippen LogP contribution in [0.15, 0.2) is 36.4 Å². The first kappa shape index (κ1) is 16.3. The van der Waals surface area contributed by atoms with Gasteiger partial charge in [-0.3, -0.25) is 4.79 Å². The van der Waals surface area contributed by atoms with E-state index in [9.17, 15) is 4.79 Å². The zero-order chi connectivity index (χ0) is 16.3. The molecule has 0 saturated heterocycles. The van der Waals surface area contributed by atoms with Gasteiger partial charge in [0.15, 0.2) is 0 Å². The molecule has 0 aromatic heterocycles. The van der Waals surface area contributed by atoms with Crippen LogP contribution in [0.25, 0.3) is 0 Å². The Balaban J connectivity index is 2.04. The largest absolute Gasteiger partial charge is 0.349 e. The Bertz CT molecular complexity index is 688. The monoisotopic (exact) mass is 295 g/mol. The van der Waals surface area contributed by atoms with E-state index < -0.39 is 0 Å². The van der Waals surface area contributed by atoms with Gasteiger partial charge >= 0.3 is 0 Å². The van der Waals surface area contributed by atoms with Gasteiger partial charge in [-0.15, -0.1) is 0 Å². The summed E-state index contributed by atoms with van der Waals surface area (Å²) in [6, 6.07) is 12.6. The minimum atomic E-state index is 0.0249. The van der Waals surface area contributed by atoms with Crippen molar-refractivity contribution in [2.45, 2.75) is 47.1 Å². The maximum absolute atomic E-state index is 12.3. The van der Waals surface area contributed by atoms with Crippen molar-refractivity contribution in [2.75, 3.05) is 0 Å². The molecule has 0 spiro atoms. The van der Waals surface area contributed by atoms with Crippen molar-refractivity contribution < 1.29 is 4.79 Å². The molecule has 0 heterocycles. The van der Waals surface area contributed by atoms with Gasteiger partial charge in [0, 0.05) is 0 Å². The molecule has 0 aliphatic carbocycles. The third-order valence-corrected chi connectivity index (χ3v) is 4.26. The maximum Gasteiger partial charge on any atom is 0.224 e. The van der Waals surface area contributed by atoms with Crippen molar-refractivity contribution >= 4 is 5.91 Å². The molecule has 2 heteroatoms. The molecule has 1 amide bonds. The second kappa shape index (κ2) is 6.78. The fraction of sp³-hybridized carbons (Fsp3) is 0.350. The van der Waals surface area contributed by atoms with Crippen molar-refractivity contribution in [3.05, 3.63) is 69.8 Å². The lowest BCUT2D eigenvalue weighted by Crippen LogP contribution is -2.28. The molecule has 116 valence electrons. The van der Waals surface area contributed by atoms with Crippen LogP contribution in [0, 0.1) is 27.7 Å². The number of nitrogens with one attached hydrogen (secondary N) is 1. The summed E-state index contributed by atoms with van der Waals surface area (Å²) in [6.07, 6.45) is 0.433. The first-order chi connectivity index (χ1) is 10.4. The summed E-state index contributed by atoms with van der Waals surface area (Å²) in [4.78, 5) is 12.3. The molecule has 0 fully saturated rings. The van der Waals surface area contributed by atoms with Gasteiger partial charge < -0.3 is 5.32 Å². The van der Waals surface area contributed by atoms with E-state index in [1.54, 1.807) is 0 Å². The van der Waals surface area contributed by atoms with Crippen LogP contribution in [0.4, 0.5) is 0 Å². The molecule has 1 N–H and O–H groups in total. The summed E-state index contributed by atoms with van der Waals surface area (Å²) >= 11 is 0. The number of hydrogen-bond donors (Lipinski definition) is 1. The Morgan fingerprint density at radius 2 is 1.64 bits per heavy atom. The maximum atomic E-state index is 12.3. The molecule has 22 heavy (non-hydrogen) atoms. The van der Waals surface area contributed by atoms with Crippen LogP contribution in [-0.2, 0) is 11.2 Å². The quantitative estimate of drug-likeness (QED) is 0.893. The predicted molar refractivity (Wildman–Crippen MR) is 92.1 cm³/mol. The van der Waals surface area contributed by atoms with Crippen LogP contribution in [0.1, 0.15) is 46.3 Å². The average molecular weight is 295 g/mol. The molecule has 0 radical (unpaired) electrons. The molecule has 2 aromatic carbocycles. The Morgan fingerprint density at radius 3 is 2.32 bits per heavy atom. The Hall–Kier alpha value is -2.09. The Morgan fingerprint density at radius 1 is 0.955 bits per heavy atom. The lowest BCUT2D eigenvalue weighted by atomic mass is 10.0. The average Bonchev–Trinajstić information content (AvgIpc) is 2.45. The first-order valence-electron chi connectivity index (χ1n) is 7.79. The van der Waals surface area contributed by atoms with Crippen LogP contribution in [0.3, 0.4) is 0 Å². The van der Waals surface area contributed by atoms with Crippen molar-refractivity contribution in [3.63, 3.8) is 0 Å². The molecule has 0 bridgehead atoms. The molecule has 2 aromatic rings. The zero-order valence-electron chi connectivity index (χ0n) is 14.2. The molecule has 2 rings (SSSR count). The number of aryl methyl sites for hydroxylation is 4. The predicted octanol–water partition coefficient (Wildman–Crippen LogP) is 4.34. The molecule has 1 atom stereocenters. The number of benzene rings is 2. The molecule has 0 aliphatic rings. The highest BCUT2D eigenvalue weighted by atomic mass is 16.1. The van der Waals surface area contributed by atoms with Gasteiger partial charge in [0.25, 0.3) is 0 Å². The summed E-state index contributed by atoms with van der Waals surface area (Å²) in [6.45, 7) is 10.3. The summed E-state index contributed by atoms with van der Waals surface area (Å²) in [5.74, 6) is 0.0689. The highest BCUT2D eigenvalue weighted by molar-refractivity contribution is 5.79. The summed E-state index contributed by atoms with van der Waals surface area (Å²) in [5.41, 5.74) is 7.14. The van der Waals surface area contributed by atoms with Gasteiger partial charge in [0.1, 0.15) is 0 Å². The van der Waals surface area contributed by atoms with E-state index in [2.05, 4.69) is 69.4 Å². The summed E-state index contributed by atoms with van der Waals surface area (Å²) in [5, 5.41) is 3.10. The van der Waals surface area contributed by atoms with Crippen molar-refractivity contribution in [3.8, 4) is 0 Å². The first-order valence-corrected chi connectivity index (χ1v) is 7.79. The van der Waals surface area contributed by atoms with E-state index in [4.69, 9.17) is 0 Å². The van der Waals surface area contributed by atoms with E-state index in [1.165, 1.54) is 22.3 Å². The number of carbonyl (C=O) groups is 1. The number of hydrogen-bond acceptors (Lipinski definition) is 1. The van der Waals surface area contributed by atoms with Crippen LogP contribution in [0.5, 0.6) is 0 Å². The van der Waals surface area contributed by atoms with Crippen molar-refractivity contribution in [2.24, 2.45) is 0 Å². The molecule has 1 unspecified atom stereocenters. The van der Waals surface area contributed by atoms with Crippen LogP contribution < -0.4 is 5.32 Å². The highest BCUT2D eigenvalue weighted by Gasteiger charge is 2.12. The fourth-order valence-electron chi connectivity index (χ4n) is 2.57. The van der Waals surface area contributed by atoms with Gasteiger partial charge in [-0.25, -0.2) is 0 Å². The number of amides is 1. The standard InChI is InChI=1S/C20H25NO/c1-13-6-7-15(3)19(10-13)12-20(22)21-17(5)18-9-8-14(2)16(4)11-18/h6-11,17H,12H2,1-5H3,(H,21,22). The normalized spacial score (nSPS) is 12.0. The van der Waals surface area contributed by atoms with E-state index >= 15 is 0 Å². The molecular formula is C20H25NO.